The van der Waals surface area contributed by atoms with Crippen molar-refractivity contribution >= 4 is 12.2 Å². The lowest BCUT2D eigenvalue weighted by molar-refractivity contribution is -0.122. The lowest BCUT2D eigenvalue weighted by atomic mass is 9.96. The Bertz CT molecular complexity index is 448. The van der Waals surface area contributed by atoms with Crippen LogP contribution in [-0.4, -0.2) is 49.2 Å². The van der Waals surface area contributed by atoms with E-state index in [-0.39, 0.29) is 11.8 Å². The number of rotatable bonds is 4. The fraction of sp³-hybridized carbons (Fsp3) is 0.500. The Hall–Kier alpha value is -1.68. The van der Waals surface area contributed by atoms with Crippen molar-refractivity contribution in [2.24, 2.45) is 10.9 Å². The molecular formula is C16H23N3O. The van der Waals surface area contributed by atoms with E-state index in [0.717, 1.165) is 32.5 Å². The minimum atomic E-state index is 0.0260. The van der Waals surface area contributed by atoms with Crippen LogP contribution in [0.25, 0.3) is 0 Å². The summed E-state index contributed by atoms with van der Waals surface area (Å²) in [6.45, 7) is 2.92. The van der Waals surface area contributed by atoms with Crippen LogP contribution in [0.5, 0.6) is 0 Å². The molecular weight excluding hydrogens is 250 g/mol. The van der Waals surface area contributed by atoms with Crippen molar-refractivity contribution in [1.29, 1.82) is 0 Å². The van der Waals surface area contributed by atoms with E-state index in [2.05, 4.69) is 34.2 Å². The van der Waals surface area contributed by atoms with Gasteiger partial charge in [-0.05, 0) is 31.5 Å². The van der Waals surface area contributed by atoms with E-state index < -0.39 is 0 Å². The zero-order valence-corrected chi connectivity index (χ0v) is 12.3. The van der Waals surface area contributed by atoms with Crippen LogP contribution in [0.15, 0.2) is 35.3 Å². The third-order valence-electron chi connectivity index (χ3n) is 3.60. The molecule has 4 heteroatoms. The maximum absolute atomic E-state index is 11.9. The van der Waals surface area contributed by atoms with Crippen LogP contribution in [0.4, 0.5) is 0 Å². The van der Waals surface area contributed by atoms with E-state index in [1.54, 1.807) is 11.2 Å². The monoisotopic (exact) mass is 273 g/mol. The van der Waals surface area contributed by atoms with Crippen LogP contribution in [0.2, 0.25) is 0 Å². The summed E-state index contributed by atoms with van der Waals surface area (Å²) in [5, 5.41) is 0. The first-order valence-corrected chi connectivity index (χ1v) is 7.16. The van der Waals surface area contributed by atoms with Crippen molar-refractivity contribution in [3.8, 4) is 0 Å². The first-order valence-electron chi connectivity index (χ1n) is 7.16. The molecule has 1 saturated heterocycles. The lowest BCUT2D eigenvalue weighted by Crippen LogP contribution is -2.35. The highest BCUT2D eigenvalue weighted by Gasteiger charge is 2.24. The normalized spacial score (nSPS) is 17.5. The van der Waals surface area contributed by atoms with Crippen LogP contribution in [-0.2, 0) is 11.3 Å². The molecule has 0 aromatic heterocycles. The molecule has 1 aromatic rings. The third kappa shape index (κ3) is 4.46. The average molecular weight is 273 g/mol. The van der Waals surface area contributed by atoms with Gasteiger partial charge in [-0.1, -0.05) is 30.3 Å². The second-order valence-corrected chi connectivity index (χ2v) is 5.58. The standard InChI is InChI=1S/C16H23N3O/c1-18(2)13-17-16(20)15-8-10-19(11-9-15)12-14-6-4-3-5-7-14/h3-7,13,15H,8-12H2,1-2H3/b17-13+. The van der Waals surface area contributed by atoms with Gasteiger partial charge in [0, 0.05) is 26.6 Å². The van der Waals surface area contributed by atoms with Gasteiger partial charge in [-0.2, -0.15) is 0 Å². The van der Waals surface area contributed by atoms with Crippen LogP contribution >= 0.6 is 0 Å². The highest BCUT2D eigenvalue weighted by Crippen LogP contribution is 2.20. The van der Waals surface area contributed by atoms with Gasteiger partial charge in [-0.15, -0.1) is 0 Å². The molecule has 1 aliphatic rings. The van der Waals surface area contributed by atoms with Crippen molar-refractivity contribution in [3.05, 3.63) is 35.9 Å². The topological polar surface area (TPSA) is 35.9 Å². The molecule has 0 saturated carbocycles. The van der Waals surface area contributed by atoms with Gasteiger partial charge in [-0.3, -0.25) is 9.69 Å². The number of aliphatic imine (C=N–C) groups is 1. The van der Waals surface area contributed by atoms with E-state index >= 15 is 0 Å². The smallest absolute Gasteiger partial charge is 0.250 e. The molecule has 1 aliphatic heterocycles. The number of carbonyl (C=O) groups is 1. The van der Waals surface area contributed by atoms with Crippen LogP contribution < -0.4 is 0 Å². The summed E-state index contributed by atoms with van der Waals surface area (Å²) in [6, 6.07) is 10.5. The fourth-order valence-corrected chi connectivity index (χ4v) is 2.46. The molecule has 20 heavy (non-hydrogen) atoms. The average Bonchev–Trinajstić information content (AvgIpc) is 2.46. The zero-order chi connectivity index (χ0) is 14.4. The van der Waals surface area contributed by atoms with Gasteiger partial charge in [0.05, 0.1) is 6.34 Å². The molecule has 0 atom stereocenters. The minimum absolute atomic E-state index is 0.0260. The molecule has 0 spiro atoms. The number of hydrogen-bond acceptors (Lipinski definition) is 2. The Labute approximate surface area is 121 Å². The van der Waals surface area contributed by atoms with E-state index in [1.807, 2.05) is 20.2 Å². The fourth-order valence-electron chi connectivity index (χ4n) is 2.46. The Balaban J connectivity index is 1.79. The number of carbonyl (C=O) groups excluding carboxylic acids is 1. The molecule has 1 amide bonds. The van der Waals surface area contributed by atoms with Gasteiger partial charge in [0.1, 0.15) is 0 Å². The molecule has 1 aromatic carbocycles. The molecule has 0 N–H and O–H groups in total. The summed E-state index contributed by atoms with van der Waals surface area (Å²) in [4.78, 5) is 20.1. The van der Waals surface area contributed by atoms with Crippen molar-refractivity contribution in [3.63, 3.8) is 0 Å². The number of piperidine rings is 1. The highest BCUT2D eigenvalue weighted by molar-refractivity contribution is 5.86. The zero-order valence-electron chi connectivity index (χ0n) is 12.3. The largest absolute Gasteiger partial charge is 0.369 e. The molecule has 2 rings (SSSR count). The Morgan fingerprint density at radius 2 is 1.95 bits per heavy atom. The third-order valence-corrected chi connectivity index (χ3v) is 3.60. The second-order valence-electron chi connectivity index (χ2n) is 5.58. The van der Waals surface area contributed by atoms with Gasteiger partial charge in [0.25, 0.3) is 0 Å². The summed E-state index contributed by atoms with van der Waals surface area (Å²) < 4.78 is 0. The number of nitrogens with zero attached hydrogens (tertiary/aromatic N) is 3. The van der Waals surface area contributed by atoms with E-state index in [1.165, 1.54) is 5.56 Å². The number of hydrogen-bond donors (Lipinski definition) is 0. The predicted molar refractivity (Wildman–Crippen MR) is 81.6 cm³/mol. The number of benzene rings is 1. The van der Waals surface area contributed by atoms with Crippen LogP contribution in [0.3, 0.4) is 0 Å². The van der Waals surface area contributed by atoms with Crippen LogP contribution in [0, 0.1) is 5.92 Å². The number of likely N-dealkylation sites (tertiary alicyclic amines) is 1. The van der Waals surface area contributed by atoms with Gasteiger partial charge in [0.2, 0.25) is 5.91 Å². The summed E-state index contributed by atoms with van der Waals surface area (Å²) in [7, 11) is 3.75. The molecule has 1 heterocycles. The Kier molecular flexibility index (Phi) is 5.30. The maximum Gasteiger partial charge on any atom is 0.250 e. The van der Waals surface area contributed by atoms with E-state index in [4.69, 9.17) is 0 Å². The van der Waals surface area contributed by atoms with Gasteiger partial charge in [-0.25, -0.2) is 4.99 Å². The molecule has 4 nitrogen and oxygen atoms in total. The van der Waals surface area contributed by atoms with Gasteiger partial charge in [0.15, 0.2) is 0 Å². The van der Waals surface area contributed by atoms with Crippen LogP contribution in [0.1, 0.15) is 18.4 Å². The molecule has 0 unspecified atom stereocenters. The second kappa shape index (κ2) is 7.20. The molecule has 0 bridgehead atoms. The first kappa shape index (κ1) is 14.7. The van der Waals surface area contributed by atoms with E-state index in [0.29, 0.717) is 0 Å². The Morgan fingerprint density at radius 3 is 2.55 bits per heavy atom. The molecule has 0 radical (unpaired) electrons. The SMILES string of the molecule is CN(C)/C=N/C(=O)C1CCN(Cc2ccccc2)CC1. The Morgan fingerprint density at radius 1 is 1.30 bits per heavy atom. The quantitative estimate of drug-likeness (QED) is 0.622. The van der Waals surface area contributed by atoms with Gasteiger partial charge < -0.3 is 4.90 Å². The summed E-state index contributed by atoms with van der Waals surface area (Å²) in [5.74, 6) is 0.122. The van der Waals surface area contributed by atoms with Gasteiger partial charge >= 0.3 is 0 Å². The lowest BCUT2D eigenvalue weighted by Gasteiger charge is -2.30. The van der Waals surface area contributed by atoms with Crippen molar-refractivity contribution in [1.82, 2.24) is 9.80 Å². The predicted octanol–water partition coefficient (Wildman–Crippen LogP) is 2.02. The highest BCUT2D eigenvalue weighted by atomic mass is 16.1. The van der Waals surface area contributed by atoms with Crippen molar-refractivity contribution < 1.29 is 4.79 Å². The summed E-state index contributed by atoms with van der Waals surface area (Å²) >= 11 is 0. The molecule has 1 fully saturated rings. The minimum Gasteiger partial charge on any atom is -0.369 e. The number of amides is 1. The molecule has 108 valence electrons. The first-order chi connectivity index (χ1) is 9.65. The maximum atomic E-state index is 11.9. The molecule has 0 aliphatic carbocycles. The van der Waals surface area contributed by atoms with Crippen molar-refractivity contribution in [2.75, 3.05) is 27.2 Å². The van der Waals surface area contributed by atoms with E-state index in [9.17, 15) is 4.79 Å². The summed E-state index contributed by atoms with van der Waals surface area (Å²) in [6.07, 6.45) is 3.42. The van der Waals surface area contributed by atoms with Crippen molar-refractivity contribution in [2.45, 2.75) is 19.4 Å². The summed E-state index contributed by atoms with van der Waals surface area (Å²) in [5.41, 5.74) is 1.34.